The Balaban J connectivity index is 1.99. The summed E-state index contributed by atoms with van der Waals surface area (Å²) < 4.78 is 3.25. The summed E-state index contributed by atoms with van der Waals surface area (Å²) in [6.07, 6.45) is 3.96. The molecule has 3 rings (SSSR count). The lowest BCUT2D eigenvalue weighted by Gasteiger charge is -2.05. The molecule has 90 valence electrons. The summed E-state index contributed by atoms with van der Waals surface area (Å²) >= 11 is 3.40. The molecule has 3 heteroatoms. The maximum atomic E-state index is 4.41. The largest absolute Gasteiger partial charge is 0.341 e. The summed E-state index contributed by atoms with van der Waals surface area (Å²) in [4.78, 5) is 4.41. The van der Waals surface area contributed by atoms with Crippen molar-refractivity contribution in [3.8, 4) is 0 Å². The molecule has 0 atom stereocenters. The molecule has 3 aromatic rings. The van der Waals surface area contributed by atoms with Gasteiger partial charge in [-0.1, -0.05) is 12.1 Å². The molecule has 0 amide bonds. The van der Waals surface area contributed by atoms with Crippen molar-refractivity contribution in [3.63, 3.8) is 0 Å². The first-order valence-electron chi connectivity index (χ1n) is 5.88. The van der Waals surface area contributed by atoms with Crippen LogP contribution in [0.1, 0.15) is 11.3 Å². The number of fused-ring (bicyclic) bond motifs is 1. The highest BCUT2D eigenvalue weighted by Gasteiger charge is 2.02. The minimum absolute atomic E-state index is 0.806. The van der Waals surface area contributed by atoms with Gasteiger partial charge in [0.05, 0.1) is 12.2 Å². The van der Waals surface area contributed by atoms with E-state index in [0.29, 0.717) is 0 Å². The molecule has 0 fully saturated rings. The monoisotopic (exact) mass is 300 g/mol. The second-order valence-electron chi connectivity index (χ2n) is 4.47. The summed E-state index contributed by atoms with van der Waals surface area (Å²) in [6, 6.07) is 12.7. The van der Waals surface area contributed by atoms with Crippen molar-refractivity contribution in [1.82, 2.24) is 9.55 Å². The van der Waals surface area contributed by atoms with Crippen molar-refractivity contribution < 1.29 is 0 Å². The lowest BCUT2D eigenvalue weighted by molar-refractivity contribution is 0.806. The Labute approximate surface area is 114 Å². The van der Waals surface area contributed by atoms with Gasteiger partial charge >= 0.3 is 0 Å². The number of aryl methyl sites for hydroxylation is 1. The predicted molar refractivity (Wildman–Crippen MR) is 77.7 cm³/mol. The molecule has 2 heterocycles. The van der Waals surface area contributed by atoms with E-state index in [1.807, 2.05) is 18.3 Å². The summed E-state index contributed by atoms with van der Waals surface area (Å²) in [5.74, 6) is 0. The van der Waals surface area contributed by atoms with E-state index in [1.54, 1.807) is 0 Å². The van der Waals surface area contributed by atoms with Gasteiger partial charge in [0.25, 0.3) is 0 Å². The molecule has 0 bridgehead atoms. The minimum atomic E-state index is 0.806. The molecule has 0 N–H and O–H groups in total. The quantitative estimate of drug-likeness (QED) is 0.695. The molecular weight excluding hydrogens is 288 g/mol. The average molecular weight is 301 g/mol. The molecule has 2 aromatic heterocycles. The number of nitrogens with zero attached hydrogens (tertiary/aromatic N) is 2. The van der Waals surface area contributed by atoms with Crippen LogP contribution in [0.4, 0.5) is 0 Å². The molecule has 0 saturated carbocycles. The van der Waals surface area contributed by atoms with Crippen LogP contribution in [0.2, 0.25) is 0 Å². The van der Waals surface area contributed by atoms with Crippen molar-refractivity contribution in [2.45, 2.75) is 13.5 Å². The fourth-order valence-electron chi connectivity index (χ4n) is 2.11. The van der Waals surface area contributed by atoms with Crippen molar-refractivity contribution >= 4 is 26.8 Å². The van der Waals surface area contributed by atoms with Gasteiger partial charge in [0.15, 0.2) is 0 Å². The van der Waals surface area contributed by atoms with Crippen LogP contribution < -0.4 is 0 Å². The van der Waals surface area contributed by atoms with Crippen LogP contribution in [-0.4, -0.2) is 9.55 Å². The Morgan fingerprint density at radius 3 is 2.83 bits per heavy atom. The molecule has 0 radical (unpaired) electrons. The summed E-state index contributed by atoms with van der Waals surface area (Å²) in [5.41, 5.74) is 3.61. The smallest absolute Gasteiger partial charge is 0.0648 e. The molecule has 0 spiro atoms. The topological polar surface area (TPSA) is 17.8 Å². The van der Waals surface area contributed by atoms with E-state index in [-0.39, 0.29) is 0 Å². The van der Waals surface area contributed by atoms with Gasteiger partial charge < -0.3 is 4.57 Å². The predicted octanol–water partition coefficient (Wildman–Crippen LogP) is 4.16. The molecule has 0 aliphatic rings. The van der Waals surface area contributed by atoms with Gasteiger partial charge in [-0.2, -0.15) is 0 Å². The van der Waals surface area contributed by atoms with Crippen molar-refractivity contribution in [3.05, 3.63) is 64.5 Å². The number of hydrogen-bond donors (Lipinski definition) is 0. The van der Waals surface area contributed by atoms with Crippen molar-refractivity contribution in [1.29, 1.82) is 0 Å². The van der Waals surface area contributed by atoms with E-state index in [1.165, 1.54) is 16.5 Å². The van der Waals surface area contributed by atoms with Gasteiger partial charge in [-0.3, -0.25) is 4.98 Å². The van der Waals surface area contributed by atoms with Gasteiger partial charge in [-0.15, -0.1) is 0 Å². The van der Waals surface area contributed by atoms with Crippen molar-refractivity contribution in [2.24, 2.45) is 0 Å². The van der Waals surface area contributed by atoms with E-state index in [9.17, 15) is 0 Å². The number of aromatic nitrogens is 2. The Morgan fingerprint density at radius 1 is 1.17 bits per heavy atom. The lowest BCUT2D eigenvalue weighted by atomic mass is 10.2. The standard InChI is InChI=1S/C15H13BrN2/c1-11-2-3-12-6-7-18(15(12)8-11)10-14-5-4-13(16)9-17-14/h2-9H,10H2,1H3. The fourth-order valence-corrected chi connectivity index (χ4v) is 2.34. The summed E-state index contributed by atoms with van der Waals surface area (Å²) in [5, 5.41) is 1.28. The van der Waals surface area contributed by atoms with Crippen LogP contribution in [0.3, 0.4) is 0 Å². The van der Waals surface area contributed by atoms with Crippen LogP contribution in [0, 0.1) is 6.92 Å². The third-order valence-electron chi connectivity index (χ3n) is 3.05. The first kappa shape index (κ1) is 11.5. The van der Waals surface area contributed by atoms with Gasteiger partial charge in [0.1, 0.15) is 0 Å². The molecule has 0 aliphatic carbocycles. The molecule has 0 unspecified atom stereocenters. The second kappa shape index (κ2) is 4.58. The molecule has 18 heavy (non-hydrogen) atoms. The number of pyridine rings is 1. The van der Waals surface area contributed by atoms with Gasteiger partial charge in [-0.05, 0) is 58.1 Å². The van der Waals surface area contributed by atoms with Crippen LogP contribution in [0.5, 0.6) is 0 Å². The van der Waals surface area contributed by atoms with Crippen LogP contribution in [-0.2, 0) is 6.54 Å². The zero-order valence-electron chi connectivity index (χ0n) is 10.1. The first-order chi connectivity index (χ1) is 8.72. The van der Waals surface area contributed by atoms with E-state index in [0.717, 1.165) is 16.7 Å². The van der Waals surface area contributed by atoms with Gasteiger partial charge in [0, 0.05) is 22.4 Å². The highest BCUT2D eigenvalue weighted by molar-refractivity contribution is 9.10. The highest BCUT2D eigenvalue weighted by Crippen LogP contribution is 2.18. The van der Waals surface area contributed by atoms with Crippen LogP contribution in [0.15, 0.2) is 53.3 Å². The molecule has 1 aromatic carbocycles. The van der Waals surface area contributed by atoms with E-state index in [2.05, 4.69) is 62.9 Å². The average Bonchev–Trinajstić information content (AvgIpc) is 2.75. The third-order valence-corrected chi connectivity index (χ3v) is 3.52. The molecule has 0 saturated heterocycles. The van der Waals surface area contributed by atoms with Crippen LogP contribution >= 0.6 is 15.9 Å². The molecule has 2 nitrogen and oxygen atoms in total. The molecule has 0 aliphatic heterocycles. The fraction of sp³-hybridized carbons (Fsp3) is 0.133. The SMILES string of the molecule is Cc1ccc2ccn(Cc3ccc(Br)cn3)c2c1. The molecular formula is C15H13BrN2. The third kappa shape index (κ3) is 2.18. The second-order valence-corrected chi connectivity index (χ2v) is 5.39. The van der Waals surface area contributed by atoms with E-state index < -0.39 is 0 Å². The van der Waals surface area contributed by atoms with E-state index in [4.69, 9.17) is 0 Å². The number of benzene rings is 1. The maximum absolute atomic E-state index is 4.41. The minimum Gasteiger partial charge on any atom is -0.341 e. The Hall–Kier alpha value is -1.61. The van der Waals surface area contributed by atoms with E-state index >= 15 is 0 Å². The normalized spacial score (nSPS) is 11.0. The summed E-state index contributed by atoms with van der Waals surface area (Å²) in [6.45, 7) is 2.93. The highest BCUT2D eigenvalue weighted by atomic mass is 79.9. The maximum Gasteiger partial charge on any atom is 0.0648 e. The zero-order valence-corrected chi connectivity index (χ0v) is 11.7. The number of halogens is 1. The Kier molecular flexibility index (Phi) is 2.92. The number of hydrogen-bond acceptors (Lipinski definition) is 1. The Morgan fingerprint density at radius 2 is 2.06 bits per heavy atom. The van der Waals surface area contributed by atoms with Crippen LogP contribution in [0.25, 0.3) is 10.9 Å². The Bertz CT molecular complexity index is 683. The van der Waals surface area contributed by atoms with Crippen molar-refractivity contribution in [2.75, 3.05) is 0 Å². The summed E-state index contributed by atoms with van der Waals surface area (Å²) in [7, 11) is 0. The van der Waals surface area contributed by atoms with Gasteiger partial charge in [0.2, 0.25) is 0 Å². The zero-order chi connectivity index (χ0) is 12.5. The van der Waals surface area contributed by atoms with Gasteiger partial charge in [-0.25, -0.2) is 0 Å². The first-order valence-corrected chi connectivity index (χ1v) is 6.67. The number of rotatable bonds is 2. The lowest BCUT2D eigenvalue weighted by Crippen LogP contribution is -1.99.